The first-order valence-electron chi connectivity index (χ1n) is 6.19. The van der Waals surface area contributed by atoms with E-state index in [1.54, 1.807) is 16.9 Å². The van der Waals surface area contributed by atoms with Crippen molar-refractivity contribution in [1.29, 1.82) is 0 Å². The van der Waals surface area contributed by atoms with Crippen LogP contribution in [-0.2, 0) is 6.54 Å². The second-order valence-corrected chi connectivity index (χ2v) is 4.67. The van der Waals surface area contributed by atoms with Crippen LogP contribution in [-0.4, -0.2) is 22.2 Å². The van der Waals surface area contributed by atoms with Gasteiger partial charge < -0.3 is 11.1 Å². The Labute approximate surface area is 112 Å². The number of anilines is 1. The van der Waals surface area contributed by atoms with Crippen molar-refractivity contribution in [3.8, 4) is 0 Å². The lowest BCUT2D eigenvalue weighted by molar-refractivity contribution is 0.0952. The van der Waals surface area contributed by atoms with Crippen LogP contribution < -0.4 is 11.1 Å². The summed E-state index contributed by atoms with van der Waals surface area (Å²) in [4.78, 5) is 11.9. The molecule has 0 saturated heterocycles. The Morgan fingerprint density at radius 2 is 2.11 bits per heavy atom. The lowest BCUT2D eigenvalue weighted by Gasteiger charge is -2.07. The number of benzene rings is 1. The molecule has 1 aromatic heterocycles. The van der Waals surface area contributed by atoms with Crippen LogP contribution in [0.3, 0.4) is 0 Å². The lowest BCUT2D eigenvalue weighted by atomic mass is 10.1. The summed E-state index contributed by atoms with van der Waals surface area (Å²) >= 11 is 0. The zero-order valence-corrected chi connectivity index (χ0v) is 11.2. The average molecular weight is 258 g/mol. The molecule has 0 aliphatic carbocycles. The Bertz CT molecular complexity index is 569. The number of rotatable bonds is 4. The second-order valence-electron chi connectivity index (χ2n) is 4.67. The monoisotopic (exact) mass is 258 g/mol. The number of aromatic nitrogens is 2. The Kier molecular flexibility index (Phi) is 3.85. The van der Waals surface area contributed by atoms with Crippen LogP contribution in [0.2, 0.25) is 0 Å². The van der Waals surface area contributed by atoms with Gasteiger partial charge >= 0.3 is 0 Å². The molecule has 1 amide bonds. The van der Waals surface area contributed by atoms with Gasteiger partial charge in [0.05, 0.1) is 12.7 Å². The Hall–Kier alpha value is -2.30. The molecule has 0 radical (unpaired) electrons. The highest BCUT2D eigenvalue weighted by atomic mass is 16.1. The molecule has 1 heterocycles. The predicted molar refractivity (Wildman–Crippen MR) is 74.9 cm³/mol. The maximum Gasteiger partial charge on any atom is 0.251 e. The molecule has 1 aromatic carbocycles. The number of nitrogens with two attached hydrogens (primary N) is 1. The van der Waals surface area contributed by atoms with E-state index in [2.05, 4.69) is 10.4 Å². The van der Waals surface area contributed by atoms with Crippen molar-refractivity contribution in [3.63, 3.8) is 0 Å². The van der Waals surface area contributed by atoms with Gasteiger partial charge in [-0.1, -0.05) is 0 Å². The fourth-order valence-corrected chi connectivity index (χ4v) is 1.92. The Morgan fingerprint density at radius 3 is 2.74 bits per heavy atom. The predicted octanol–water partition coefficient (Wildman–Crippen LogP) is 1.51. The number of hydrogen-bond donors (Lipinski definition) is 2. The van der Waals surface area contributed by atoms with E-state index in [0.29, 0.717) is 24.3 Å². The Balaban J connectivity index is 1.90. The molecule has 0 spiro atoms. The average Bonchev–Trinajstić information content (AvgIpc) is 2.73. The molecule has 19 heavy (non-hydrogen) atoms. The van der Waals surface area contributed by atoms with Gasteiger partial charge in [-0.2, -0.15) is 5.10 Å². The summed E-state index contributed by atoms with van der Waals surface area (Å²) in [5.41, 5.74) is 9.01. The van der Waals surface area contributed by atoms with Gasteiger partial charge in [0, 0.05) is 24.0 Å². The van der Waals surface area contributed by atoms with Gasteiger partial charge in [-0.3, -0.25) is 9.48 Å². The highest BCUT2D eigenvalue weighted by Crippen LogP contribution is 2.10. The topological polar surface area (TPSA) is 72.9 Å². The zero-order chi connectivity index (χ0) is 13.8. The molecule has 0 bridgehead atoms. The number of nitrogens with zero attached hydrogens (tertiary/aromatic N) is 2. The summed E-state index contributed by atoms with van der Waals surface area (Å²) in [5.74, 6) is -0.112. The van der Waals surface area contributed by atoms with Crippen molar-refractivity contribution >= 4 is 11.6 Å². The molecule has 2 rings (SSSR count). The Morgan fingerprint density at radius 1 is 1.32 bits per heavy atom. The van der Waals surface area contributed by atoms with Crippen molar-refractivity contribution in [2.24, 2.45) is 0 Å². The minimum atomic E-state index is -0.112. The van der Waals surface area contributed by atoms with E-state index in [1.807, 2.05) is 32.2 Å². The van der Waals surface area contributed by atoms with E-state index in [4.69, 9.17) is 5.73 Å². The number of nitrogen functional groups attached to an aromatic ring is 1. The van der Waals surface area contributed by atoms with Crippen molar-refractivity contribution in [2.45, 2.75) is 20.4 Å². The summed E-state index contributed by atoms with van der Waals surface area (Å²) in [6.07, 6.45) is 3.74. The normalized spacial score (nSPS) is 10.4. The molecule has 0 fully saturated rings. The van der Waals surface area contributed by atoms with E-state index >= 15 is 0 Å². The summed E-state index contributed by atoms with van der Waals surface area (Å²) in [5, 5.41) is 7.01. The molecule has 5 heteroatoms. The van der Waals surface area contributed by atoms with Crippen LogP contribution in [0.4, 0.5) is 5.69 Å². The van der Waals surface area contributed by atoms with Crippen LogP contribution in [0.15, 0.2) is 30.6 Å². The van der Waals surface area contributed by atoms with Gasteiger partial charge in [0.1, 0.15) is 0 Å². The van der Waals surface area contributed by atoms with Crippen LogP contribution in [0.1, 0.15) is 21.5 Å². The molecule has 0 saturated carbocycles. The molecular weight excluding hydrogens is 240 g/mol. The molecular formula is C14H18N4O. The lowest BCUT2D eigenvalue weighted by Crippen LogP contribution is -2.27. The van der Waals surface area contributed by atoms with Crippen molar-refractivity contribution < 1.29 is 4.79 Å². The summed E-state index contributed by atoms with van der Waals surface area (Å²) in [6, 6.07) is 5.34. The maximum absolute atomic E-state index is 11.9. The fourth-order valence-electron chi connectivity index (χ4n) is 1.92. The number of aryl methyl sites for hydroxylation is 2. The molecule has 5 nitrogen and oxygen atoms in total. The largest absolute Gasteiger partial charge is 0.399 e. The highest BCUT2D eigenvalue weighted by Gasteiger charge is 2.06. The minimum absolute atomic E-state index is 0.112. The third-order valence-electron chi connectivity index (χ3n) is 2.75. The molecule has 0 atom stereocenters. The van der Waals surface area contributed by atoms with Crippen molar-refractivity contribution in [3.05, 3.63) is 47.3 Å². The number of amides is 1. The second kappa shape index (κ2) is 5.56. The van der Waals surface area contributed by atoms with Crippen molar-refractivity contribution in [1.82, 2.24) is 15.1 Å². The molecule has 100 valence electrons. The number of hydrogen-bond acceptors (Lipinski definition) is 3. The molecule has 2 aromatic rings. The van der Waals surface area contributed by atoms with Gasteiger partial charge in [-0.05, 0) is 43.2 Å². The van der Waals surface area contributed by atoms with E-state index < -0.39 is 0 Å². The minimum Gasteiger partial charge on any atom is -0.399 e. The standard InChI is InChI=1S/C14H18N4O/c1-10-5-12(7-13(15)6-10)14(19)16-3-4-18-9-11(2)8-17-18/h5-9H,3-4,15H2,1-2H3,(H,16,19). The number of carbonyl (C=O) groups is 1. The molecule has 0 unspecified atom stereocenters. The fraction of sp³-hybridized carbons (Fsp3) is 0.286. The number of carbonyl (C=O) groups excluding carboxylic acids is 1. The first-order chi connectivity index (χ1) is 9.04. The van der Waals surface area contributed by atoms with E-state index in [9.17, 15) is 4.79 Å². The van der Waals surface area contributed by atoms with Crippen LogP contribution in [0.5, 0.6) is 0 Å². The van der Waals surface area contributed by atoms with Crippen LogP contribution in [0, 0.1) is 13.8 Å². The van der Waals surface area contributed by atoms with Gasteiger partial charge in [-0.15, -0.1) is 0 Å². The smallest absolute Gasteiger partial charge is 0.251 e. The van der Waals surface area contributed by atoms with E-state index in [0.717, 1.165) is 11.1 Å². The summed E-state index contributed by atoms with van der Waals surface area (Å²) in [7, 11) is 0. The molecule has 3 N–H and O–H groups in total. The quantitative estimate of drug-likeness (QED) is 0.816. The molecule has 0 aliphatic heterocycles. The van der Waals surface area contributed by atoms with Crippen molar-refractivity contribution in [2.75, 3.05) is 12.3 Å². The third kappa shape index (κ3) is 3.58. The molecule has 0 aliphatic rings. The third-order valence-corrected chi connectivity index (χ3v) is 2.75. The first-order valence-corrected chi connectivity index (χ1v) is 6.19. The van der Waals surface area contributed by atoms with Crippen LogP contribution >= 0.6 is 0 Å². The van der Waals surface area contributed by atoms with Gasteiger partial charge in [0.15, 0.2) is 0 Å². The summed E-state index contributed by atoms with van der Waals surface area (Å²) < 4.78 is 1.81. The van der Waals surface area contributed by atoms with E-state index in [1.165, 1.54) is 0 Å². The zero-order valence-electron chi connectivity index (χ0n) is 11.2. The summed E-state index contributed by atoms with van der Waals surface area (Å²) in [6.45, 7) is 5.09. The van der Waals surface area contributed by atoms with Gasteiger partial charge in [-0.25, -0.2) is 0 Å². The van der Waals surface area contributed by atoms with Gasteiger partial charge in [0.25, 0.3) is 5.91 Å². The maximum atomic E-state index is 11.9. The SMILES string of the molecule is Cc1cc(N)cc(C(=O)NCCn2cc(C)cn2)c1. The number of nitrogens with one attached hydrogen (secondary N) is 1. The first kappa shape index (κ1) is 13.1. The van der Waals surface area contributed by atoms with Crippen LogP contribution in [0.25, 0.3) is 0 Å². The van der Waals surface area contributed by atoms with Gasteiger partial charge in [0.2, 0.25) is 0 Å². The van der Waals surface area contributed by atoms with E-state index in [-0.39, 0.29) is 5.91 Å². The highest BCUT2D eigenvalue weighted by molar-refractivity contribution is 5.95.